The van der Waals surface area contributed by atoms with Crippen LogP contribution in [-0.4, -0.2) is 0 Å². The third kappa shape index (κ3) is 1.77. The average molecular weight is 357 g/mol. The fourth-order valence-electron chi connectivity index (χ4n) is 3.72. The van der Waals surface area contributed by atoms with Crippen molar-refractivity contribution in [1.29, 1.82) is 0 Å². The van der Waals surface area contributed by atoms with Crippen molar-refractivity contribution >= 4 is 59.0 Å². The first kappa shape index (κ1) is 13.1. The predicted molar refractivity (Wildman–Crippen MR) is 104 cm³/mol. The third-order valence-corrected chi connectivity index (χ3v) is 5.35. The first-order valence-corrected chi connectivity index (χ1v) is 8.54. The molecule has 108 valence electrons. The maximum Gasteiger partial charge on any atom is 0.0260 e. The van der Waals surface area contributed by atoms with Crippen LogP contribution in [0.5, 0.6) is 0 Å². The van der Waals surface area contributed by atoms with Gasteiger partial charge < -0.3 is 0 Å². The molecule has 1 heteroatoms. The summed E-state index contributed by atoms with van der Waals surface area (Å²) in [7, 11) is 0. The summed E-state index contributed by atoms with van der Waals surface area (Å²) in [6.07, 6.45) is 0. The summed E-state index contributed by atoms with van der Waals surface area (Å²) >= 11 is 3.77. The molecule has 23 heavy (non-hydrogen) atoms. The van der Waals surface area contributed by atoms with Crippen LogP contribution in [-0.2, 0) is 0 Å². The lowest BCUT2D eigenvalue weighted by atomic mass is 9.91. The lowest BCUT2D eigenvalue weighted by Crippen LogP contribution is -1.85. The first-order valence-electron chi connectivity index (χ1n) is 7.75. The van der Waals surface area contributed by atoms with E-state index in [2.05, 4.69) is 94.8 Å². The van der Waals surface area contributed by atoms with Gasteiger partial charge in [0.15, 0.2) is 0 Å². The van der Waals surface area contributed by atoms with Crippen LogP contribution in [0.1, 0.15) is 0 Å². The van der Waals surface area contributed by atoms with Gasteiger partial charge in [0.05, 0.1) is 0 Å². The molecule has 0 nitrogen and oxygen atoms in total. The second-order valence-electron chi connectivity index (χ2n) is 5.92. The quantitative estimate of drug-likeness (QED) is 0.260. The van der Waals surface area contributed by atoms with Crippen molar-refractivity contribution in [2.75, 3.05) is 0 Å². The first-order chi connectivity index (χ1) is 11.3. The zero-order valence-corrected chi connectivity index (χ0v) is 14.0. The van der Waals surface area contributed by atoms with Gasteiger partial charge in [-0.3, -0.25) is 0 Å². The second kappa shape index (κ2) is 4.81. The molecule has 5 aromatic rings. The van der Waals surface area contributed by atoms with Crippen molar-refractivity contribution in [3.63, 3.8) is 0 Å². The molecule has 5 rings (SSSR count). The van der Waals surface area contributed by atoms with E-state index in [1.807, 2.05) is 0 Å². The molecule has 0 amide bonds. The molecule has 0 aliphatic rings. The van der Waals surface area contributed by atoms with Gasteiger partial charge in [-0.1, -0.05) is 88.7 Å². The molecule has 0 aliphatic carbocycles. The van der Waals surface area contributed by atoms with Crippen molar-refractivity contribution < 1.29 is 0 Å². The van der Waals surface area contributed by atoms with Crippen LogP contribution in [0.4, 0.5) is 0 Å². The minimum Gasteiger partial charge on any atom is -0.0616 e. The van der Waals surface area contributed by atoms with Crippen molar-refractivity contribution in [3.05, 3.63) is 83.3 Å². The number of fused-ring (bicyclic) bond motifs is 8. The van der Waals surface area contributed by atoms with Crippen LogP contribution in [0, 0.1) is 0 Å². The van der Waals surface area contributed by atoms with E-state index in [0.29, 0.717) is 0 Å². The van der Waals surface area contributed by atoms with Crippen molar-refractivity contribution in [2.45, 2.75) is 0 Å². The predicted octanol–water partition coefficient (Wildman–Crippen LogP) is 7.06. The number of benzene rings is 5. The van der Waals surface area contributed by atoms with Crippen LogP contribution < -0.4 is 0 Å². The summed E-state index contributed by atoms with van der Waals surface area (Å²) < 4.78 is 1.15. The van der Waals surface area contributed by atoms with Gasteiger partial charge in [-0.15, -0.1) is 0 Å². The van der Waals surface area contributed by atoms with Gasteiger partial charge in [-0.05, 0) is 49.2 Å². The van der Waals surface area contributed by atoms with E-state index in [1.165, 1.54) is 43.1 Å². The van der Waals surface area contributed by atoms with Crippen LogP contribution in [0.15, 0.2) is 83.3 Å². The molecule has 0 fully saturated rings. The molecule has 0 radical (unpaired) electrons. The molecule has 0 spiro atoms. The Labute approximate surface area is 142 Å². The Morgan fingerprint density at radius 2 is 0.826 bits per heavy atom. The molecule has 0 atom stereocenters. The SMILES string of the molecule is Brc1cc2c3ccccc3c3ccccc3c2c2ccccc12. The molecule has 0 saturated heterocycles. The summed E-state index contributed by atoms with van der Waals surface area (Å²) in [5, 5.41) is 10.5. The van der Waals surface area contributed by atoms with Gasteiger partial charge in [0, 0.05) is 4.47 Å². The monoisotopic (exact) mass is 356 g/mol. The molecule has 0 heterocycles. The Morgan fingerprint density at radius 1 is 0.435 bits per heavy atom. The van der Waals surface area contributed by atoms with E-state index in [9.17, 15) is 0 Å². The highest BCUT2D eigenvalue weighted by atomic mass is 79.9. The summed E-state index contributed by atoms with van der Waals surface area (Å²) in [4.78, 5) is 0. The number of halogens is 1. The van der Waals surface area contributed by atoms with E-state index in [-0.39, 0.29) is 0 Å². The number of hydrogen-bond donors (Lipinski definition) is 0. The standard InChI is InChI=1S/C22H13Br/c23-21-13-20-16-9-2-1-7-14(16)15-8-3-5-11-18(15)22(20)19-12-6-4-10-17(19)21/h1-13H. The van der Waals surface area contributed by atoms with Crippen LogP contribution in [0.2, 0.25) is 0 Å². The fourth-order valence-corrected chi connectivity index (χ4v) is 4.30. The van der Waals surface area contributed by atoms with E-state index in [1.54, 1.807) is 0 Å². The minimum absolute atomic E-state index is 1.15. The lowest BCUT2D eigenvalue weighted by molar-refractivity contribution is 1.75. The molecule has 0 N–H and O–H groups in total. The molecule has 0 unspecified atom stereocenters. The van der Waals surface area contributed by atoms with E-state index in [0.717, 1.165) is 4.47 Å². The molecular formula is C22H13Br. The van der Waals surface area contributed by atoms with E-state index >= 15 is 0 Å². The zero-order chi connectivity index (χ0) is 15.4. The summed E-state index contributed by atoms with van der Waals surface area (Å²) in [6, 6.07) is 28.3. The molecule has 0 aromatic heterocycles. The Balaban J connectivity index is 2.25. The van der Waals surface area contributed by atoms with E-state index < -0.39 is 0 Å². The highest BCUT2D eigenvalue weighted by Gasteiger charge is 2.12. The molecule has 0 bridgehead atoms. The van der Waals surface area contributed by atoms with Crippen molar-refractivity contribution in [2.24, 2.45) is 0 Å². The van der Waals surface area contributed by atoms with Gasteiger partial charge in [0.25, 0.3) is 0 Å². The van der Waals surface area contributed by atoms with Gasteiger partial charge >= 0.3 is 0 Å². The maximum absolute atomic E-state index is 3.77. The number of hydrogen-bond acceptors (Lipinski definition) is 0. The second-order valence-corrected chi connectivity index (χ2v) is 6.77. The van der Waals surface area contributed by atoms with Gasteiger partial charge in [0.2, 0.25) is 0 Å². The summed E-state index contributed by atoms with van der Waals surface area (Å²) in [6.45, 7) is 0. The van der Waals surface area contributed by atoms with Crippen molar-refractivity contribution in [3.8, 4) is 0 Å². The molecule has 0 saturated carbocycles. The van der Waals surface area contributed by atoms with Crippen molar-refractivity contribution in [1.82, 2.24) is 0 Å². The summed E-state index contributed by atoms with van der Waals surface area (Å²) in [5.74, 6) is 0. The number of rotatable bonds is 0. The van der Waals surface area contributed by atoms with Crippen LogP contribution in [0.25, 0.3) is 43.1 Å². The highest BCUT2D eigenvalue weighted by molar-refractivity contribution is 9.10. The van der Waals surface area contributed by atoms with Gasteiger partial charge in [0.1, 0.15) is 0 Å². The highest BCUT2D eigenvalue weighted by Crippen LogP contribution is 2.41. The average Bonchev–Trinajstić information content (AvgIpc) is 2.62. The maximum atomic E-state index is 3.77. The zero-order valence-electron chi connectivity index (χ0n) is 12.4. The fraction of sp³-hybridized carbons (Fsp3) is 0. The topological polar surface area (TPSA) is 0 Å². The van der Waals surface area contributed by atoms with Gasteiger partial charge in [-0.2, -0.15) is 0 Å². The molecule has 5 aromatic carbocycles. The van der Waals surface area contributed by atoms with Crippen LogP contribution >= 0.6 is 15.9 Å². The largest absolute Gasteiger partial charge is 0.0616 e. The Kier molecular flexibility index (Phi) is 2.74. The lowest BCUT2D eigenvalue weighted by Gasteiger charge is -2.13. The normalized spacial score (nSPS) is 11.7. The van der Waals surface area contributed by atoms with Gasteiger partial charge in [-0.25, -0.2) is 0 Å². The summed E-state index contributed by atoms with van der Waals surface area (Å²) in [5.41, 5.74) is 0. The molecular weight excluding hydrogens is 344 g/mol. The van der Waals surface area contributed by atoms with Crippen LogP contribution in [0.3, 0.4) is 0 Å². The Bertz CT molecular complexity index is 1220. The minimum atomic E-state index is 1.15. The third-order valence-electron chi connectivity index (χ3n) is 4.70. The molecule has 0 aliphatic heterocycles. The Morgan fingerprint density at radius 3 is 1.43 bits per heavy atom. The Hall–Kier alpha value is -2.38. The smallest absolute Gasteiger partial charge is 0.0260 e. The van der Waals surface area contributed by atoms with E-state index in [4.69, 9.17) is 0 Å².